The highest BCUT2D eigenvalue weighted by Crippen LogP contribution is 2.29. The molecule has 1 saturated heterocycles. The molecule has 1 aliphatic carbocycles. The first kappa shape index (κ1) is 12.2. The van der Waals surface area contributed by atoms with Crippen molar-refractivity contribution in [3.05, 3.63) is 35.4 Å². The highest BCUT2D eigenvalue weighted by Gasteiger charge is 2.31. The van der Waals surface area contributed by atoms with Crippen molar-refractivity contribution in [3.63, 3.8) is 0 Å². The molecule has 1 aromatic rings. The first-order valence-electron chi connectivity index (χ1n) is 6.73. The van der Waals surface area contributed by atoms with Crippen LogP contribution < -0.4 is 0 Å². The molecule has 3 heteroatoms. The maximum absolute atomic E-state index is 12.5. The molecule has 0 aromatic heterocycles. The number of likely N-dealkylation sites (tertiary alicyclic amines) is 1. The third-order valence-electron chi connectivity index (χ3n) is 4.14. The van der Waals surface area contributed by atoms with Gasteiger partial charge in [0.05, 0.1) is 0 Å². The highest BCUT2D eigenvalue weighted by atomic mass is 79.9. The number of hydrogen-bond acceptors (Lipinski definition) is 1. The molecule has 1 aliphatic heterocycles. The van der Waals surface area contributed by atoms with E-state index in [0.717, 1.165) is 38.8 Å². The van der Waals surface area contributed by atoms with Gasteiger partial charge in [-0.2, -0.15) is 0 Å². The Morgan fingerprint density at radius 1 is 1.11 bits per heavy atom. The van der Waals surface area contributed by atoms with Crippen LogP contribution in [-0.4, -0.2) is 28.7 Å². The Hall–Kier alpha value is -0.830. The lowest BCUT2D eigenvalue weighted by atomic mass is 10.0. The van der Waals surface area contributed by atoms with Crippen LogP contribution in [0.15, 0.2) is 24.3 Å². The SMILES string of the molecule is O=C(C1Cc2ccccc2C1)N1CCC(Br)CC1. The molecule has 1 fully saturated rings. The minimum Gasteiger partial charge on any atom is -0.342 e. The van der Waals surface area contributed by atoms with Crippen molar-refractivity contribution < 1.29 is 4.79 Å². The first-order valence-corrected chi connectivity index (χ1v) is 7.65. The van der Waals surface area contributed by atoms with Gasteiger partial charge >= 0.3 is 0 Å². The summed E-state index contributed by atoms with van der Waals surface area (Å²) in [6.45, 7) is 1.84. The van der Waals surface area contributed by atoms with Gasteiger partial charge in [0.1, 0.15) is 0 Å². The standard InChI is InChI=1S/C15H18BrNO/c16-14-5-7-17(8-6-14)15(18)13-9-11-3-1-2-4-12(11)10-13/h1-4,13-14H,5-10H2. The molecule has 0 N–H and O–H groups in total. The number of fused-ring (bicyclic) bond motifs is 1. The Morgan fingerprint density at radius 3 is 2.22 bits per heavy atom. The molecule has 3 rings (SSSR count). The molecule has 0 radical (unpaired) electrons. The molecule has 0 spiro atoms. The van der Waals surface area contributed by atoms with Crippen molar-refractivity contribution in [2.24, 2.45) is 5.92 Å². The van der Waals surface area contributed by atoms with E-state index in [1.165, 1.54) is 11.1 Å². The Bertz CT molecular complexity index is 427. The van der Waals surface area contributed by atoms with Crippen LogP contribution in [0, 0.1) is 5.92 Å². The van der Waals surface area contributed by atoms with E-state index in [-0.39, 0.29) is 5.92 Å². The number of nitrogens with zero attached hydrogens (tertiary/aromatic N) is 1. The van der Waals surface area contributed by atoms with Gasteiger partial charge in [0, 0.05) is 23.8 Å². The highest BCUT2D eigenvalue weighted by molar-refractivity contribution is 9.09. The maximum Gasteiger partial charge on any atom is 0.226 e. The summed E-state index contributed by atoms with van der Waals surface area (Å²) in [5.74, 6) is 0.555. The summed E-state index contributed by atoms with van der Waals surface area (Å²) in [5.41, 5.74) is 2.73. The van der Waals surface area contributed by atoms with Crippen molar-refractivity contribution in [2.45, 2.75) is 30.5 Å². The number of carbonyl (C=O) groups is 1. The molecule has 1 heterocycles. The summed E-state index contributed by atoms with van der Waals surface area (Å²) in [6, 6.07) is 8.46. The van der Waals surface area contributed by atoms with Crippen molar-refractivity contribution in [2.75, 3.05) is 13.1 Å². The first-order chi connectivity index (χ1) is 8.74. The van der Waals surface area contributed by atoms with E-state index in [1.807, 2.05) is 0 Å². The van der Waals surface area contributed by atoms with Crippen LogP contribution in [0.3, 0.4) is 0 Å². The number of carbonyl (C=O) groups excluding carboxylic acids is 1. The molecule has 0 atom stereocenters. The van der Waals surface area contributed by atoms with Crippen LogP contribution >= 0.6 is 15.9 Å². The number of piperidine rings is 1. The van der Waals surface area contributed by atoms with Gasteiger partial charge in [-0.1, -0.05) is 40.2 Å². The summed E-state index contributed by atoms with van der Waals surface area (Å²) in [4.78, 5) is 15.1. The number of alkyl halides is 1. The second-order valence-corrected chi connectivity index (χ2v) is 6.67. The molecule has 2 aliphatic rings. The molecule has 0 unspecified atom stereocenters. The molecular weight excluding hydrogens is 290 g/mol. The predicted octanol–water partition coefficient (Wildman–Crippen LogP) is 2.79. The monoisotopic (exact) mass is 307 g/mol. The summed E-state index contributed by atoms with van der Waals surface area (Å²) >= 11 is 3.63. The zero-order chi connectivity index (χ0) is 12.5. The Balaban J connectivity index is 1.65. The fourth-order valence-electron chi connectivity index (χ4n) is 3.06. The van der Waals surface area contributed by atoms with E-state index >= 15 is 0 Å². The lowest BCUT2D eigenvalue weighted by Gasteiger charge is -2.31. The number of rotatable bonds is 1. The minimum atomic E-state index is 0.189. The zero-order valence-electron chi connectivity index (χ0n) is 10.4. The number of hydrogen-bond donors (Lipinski definition) is 0. The van der Waals surface area contributed by atoms with Crippen molar-refractivity contribution in [1.29, 1.82) is 0 Å². The van der Waals surface area contributed by atoms with Crippen LogP contribution in [0.4, 0.5) is 0 Å². The van der Waals surface area contributed by atoms with Gasteiger partial charge in [0.2, 0.25) is 5.91 Å². The third kappa shape index (κ3) is 2.33. The van der Waals surface area contributed by atoms with Gasteiger partial charge in [-0.15, -0.1) is 0 Å². The van der Waals surface area contributed by atoms with E-state index in [1.54, 1.807) is 0 Å². The quantitative estimate of drug-likeness (QED) is 0.731. The average molecular weight is 308 g/mol. The zero-order valence-corrected chi connectivity index (χ0v) is 12.0. The predicted molar refractivity (Wildman–Crippen MR) is 75.9 cm³/mol. The summed E-state index contributed by atoms with van der Waals surface area (Å²) in [7, 11) is 0. The van der Waals surface area contributed by atoms with Crippen molar-refractivity contribution in [1.82, 2.24) is 4.90 Å². The third-order valence-corrected chi connectivity index (χ3v) is 5.05. The fourth-order valence-corrected chi connectivity index (χ4v) is 3.47. The average Bonchev–Trinajstić information content (AvgIpc) is 2.82. The van der Waals surface area contributed by atoms with Crippen LogP contribution in [-0.2, 0) is 17.6 Å². The number of amides is 1. The van der Waals surface area contributed by atoms with Gasteiger partial charge < -0.3 is 4.90 Å². The van der Waals surface area contributed by atoms with Gasteiger partial charge in [-0.25, -0.2) is 0 Å². The van der Waals surface area contributed by atoms with Gasteiger partial charge in [-0.05, 0) is 36.8 Å². The Kier molecular flexibility index (Phi) is 3.42. The normalized spacial score (nSPS) is 21.1. The van der Waals surface area contributed by atoms with Crippen molar-refractivity contribution in [3.8, 4) is 0 Å². The molecule has 18 heavy (non-hydrogen) atoms. The van der Waals surface area contributed by atoms with Crippen LogP contribution in [0.2, 0.25) is 0 Å². The van der Waals surface area contributed by atoms with Crippen LogP contribution in [0.25, 0.3) is 0 Å². The Labute approximate surface area is 116 Å². The molecule has 0 saturated carbocycles. The second-order valence-electron chi connectivity index (χ2n) is 5.37. The van der Waals surface area contributed by atoms with E-state index in [4.69, 9.17) is 0 Å². The molecule has 0 bridgehead atoms. The summed E-state index contributed by atoms with van der Waals surface area (Å²) < 4.78 is 0. The topological polar surface area (TPSA) is 20.3 Å². The molecule has 2 nitrogen and oxygen atoms in total. The van der Waals surface area contributed by atoms with Gasteiger partial charge in [-0.3, -0.25) is 4.79 Å². The Morgan fingerprint density at radius 2 is 1.67 bits per heavy atom. The van der Waals surface area contributed by atoms with Crippen LogP contribution in [0.5, 0.6) is 0 Å². The number of benzene rings is 1. The van der Waals surface area contributed by atoms with Gasteiger partial charge in [0.15, 0.2) is 0 Å². The summed E-state index contributed by atoms with van der Waals surface area (Å²) in [5, 5.41) is 0. The van der Waals surface area contributed by atoms with Crippen molar-refractivity contribution >= 4 is 21.8 Å². The van der Waals surface area contributed by atoms with Gasteiger partial charge in [0.25, 0.3) is 0 Å². The second kappa shape index (κ2) is 5.04. The fraction of sp³-hybridized carbons (Fsp3) is 0.533. The van der Waals surface area contributed by atoms with E-state index in [2.05, 4.69) is 45.1 Å². The molecular formula is C15H18BrNO. The number of halogens is 1. The molecule has 96 valence electrons. The minimum absolute atomic E-state index is 0.189. The van der Waals surface area contributed by atoms with E-state index < -0.39 is 0 Å². The van der Waals surface area contributed by atoms with E-state index in [0.29, 0.717) is 10.7 Å². The smallest absolute Gasteiger partial charge is 0.226 e. The van der Waals surface area contributed by atoms with E-state index in [9.17, 15) is 4.79 Å². The maximum atomic E-state index is 12.5. The summed E-state index contributed by atoms with van der Waals surface area (Å²) in [6.07, 6.45) is 4.04. The lowest BCUT2D eigenvalue weighted by Crippen LogP contribution is -2.42. The molecule has 1 aromatic carbocycles. The molecule has 1 amide bonds. The lowest BCUT2D eigenvalue weighted by molar-refractivity contribution is -0.136. The largest absolute Gasteiger partial charge is 0.342 e. The van der Waals surface area contributed by atoms with Crippen LogP contribution in [0.1, 0.15) is 24.0 Å².